The topological polar surface area (TPSA) is 85.2 Å². The van der Waals surface area contributed by atoms with Crippen LogP contribution in [0, 0.1) is 6.92 Å². The van der Waals surface area contributed by atoms with Gasteiger partial charge in [-0.1, -0.05) is 29.8 Å². The molecule has 3 aromatic rings. The number of hydrogen-bond acceptors (Lipinski definition) is 6. The molecule has 1 aromatic carbocycles. The first kappa shape index (κ1) is 22.7. The standard InChI is InChI=1S/C14H19NO2.C6H7IN5P/c1-12-5-7-13(8-6-12)11-17-14(16)15-9-3-2-4-10-15;1-8-5-4-2-11-12(13-7)6(4)10-3-9-5/h5-8H,2-4,9-11H2,1H3;2-3,13H,1H3,(H,8,9,10). The Bertz CT molecular complexity index is 960. The molecule has 8 nitrogen and oxygen atoms in total. The zero-order valence-electron chi connectivity index (χ0n) is 17.1. The maximum Gasteiger partial charge on any atom is 0.410 e. The third-order valence-electron chi connectivity index (χ3n) is 4.78. The van der Waals surface area contributed by atoms with Crippen molar-refractivity contribution >= 4 is 51.4 Å². The lowest BCUT2D eigenvalue weighted by Crippen LogP contribution is -2.35. The van der Waals surface area contributed by atoms with Crippen LogP contribution in [0.1, 0.15) is 30.4 Å². The van der Waals surface area contributed by atoms with Crippen molar-refractivity contribution in [1.29, 1.82) is 0 Å². The number of nitrogens with zero attached hydrogens (tertiary/aromatic N) is 5. The van der Waals surface area contributed by atoms with Gasteiger partial charge in [-0.3, -0.25) is 0 Å². The Balaban J connectivity index is 0.000000177. The van der Waals surface area contributed by atoms with E-state index in [4.69, 9.17) is 4.74 Å². The van der Waals surface area contributed by atoms with E-state index in [-0.39, 0.29) is 6.09 Å². The van der Waals surface area contributed by atoms with Crippen LogP contribution in [-0.2, 0) is 11.3 Å². The molecule has 0 radical (unpaired) electrons. The van der Waals surface area contributed by atoms with Crippen LogP contribution < -0.4 is 5.32 Å². The van der Waals surface area contributed by atoms with Crippen LogP contribution in [0.15, 0.2) is 36.8 Å². The smallest absolute Gasteiger partial charge is 0.410 e. The highest BCUT2D eigenvalue weighted by Crippen LogP contribution is 2.28. The summed E-state index contributed by atoms with van der Waals surface area (Å²) in [5, 5.41) is 8.17. The summed E-state index contributed by atoms with van der Waals surface area (Å²) < 4.78 is 7.15. The van der Waals surface area contributed by atoms with Crippen molar-refractivity contribution in [3.8, 4) is 0 Å². The Morgan fingerprint density at radius 2 is 1.93 bits per heavy atom. The summed E-state index contributed by atoms with van der Waals surface area (Å²) in [7, 11) is 1.84. The number of piperidine rings is 1. The Kier molecular flexibility index (Phi) is 8.62. The number of halogens is 1. The largest absolute Gasteiger partial charge is 0.445 e. The zero-order chi connectivity index (χ0) is 21.3. The quantitative estimate of drug-likeness (QED) is 0.379. The predicted octanol–water partition coefficient (Wildman–Crippen LogP) is 4.78. The Morgan fingerprint density at radius 1 is 1.20 bits per heavy atom. The van der Waals surface area contributed by atoms with Crippen LogP contribution in [-0.4, -0.2) is 50.6 Å². The number of anilines is 1. The highest BCUT2D eigenvalue weighted by molar-refractivity contribution is 14.2. The first-order valence-corrected chi connectivity index (χ1v) is 13.9. The molecule has 1 N–H and O–H groups in total. The fourth-order valence-corrected chi connectivity index (χ4v) is 4.52. The lowest BCUT2D eigenvalue weighted by Gasteiger charge is -2.25. The number of benzene rings is 1. The van der Waals surface area contributed by atoms with Gasteiger partial charge < -0.3 is 15.0 Å². The number of amides is 1. The number of ether oxygens (including phenoxy) is 1. The van der Waals surface area contributed by atoms with Gasteiger partial charge in [-0.2, -0.15) is 5.10 Å². The molecule has 10 heteroatoms. The molecule has 160 valence electrons. The average Bonchev–Trinajstić information content (AvgIpc) is 3.23. The van der Waals surface area contributed by atoms with Crippen molar-refractivity contribution in [1.82, 2.24) is 24.4 Å². The van der Waals surface area contributed by atoms with Crippen molar-refractivity contribution in [2.24, 2.45) is 0 Å². The molecule has 0 bridgehead atoms. The molecule has 2 aromatic heterocycles. The predicted molar refractivity (Wildman–Crippen MR) is 129 cm³/mol. The van der Waals surface area contributed by atoms with E-state index in [9.17, 15) is 4.79 Å². The third-order valence-corrected chi connectivity index (χ3v) is 6.64. The van der Waals surface area contributed by atoms with Gasteiger partial charge >= 0.3 is 6.09 Å². The molecule has 1 saturated heterocycles. The molecular weight excluding hydrogens is 514 g/mol. The lowest BCUT2D eigenvalue weighted by atomic mass is 10.1. The van der Waals surface area contributed by atoms with Gasteiger partial charge in [-0.05, 0) is 53.8 Å². The van der Waals surface area contributed by atoms with Crippen molar-refractivity contribution in [2.45, 2.75) is 32.8 Å². The minimum absolute atomic E-state index is 0.176. The van der Waals surface area contributed by atoms with Crippen molar-refractivity contribution in [3.63, 3.8) is 0 Å². The summed E-state index contributed by atoms with van der Waals surface area (Å²) in [5.41, 5.74) is 3.14. The Hall–Kier alpha value is -2.00. The number of carbonyl (C=O) groups excluding carboxylic acids is 1. The SMILES string of the molecule is CNc1ncnc2c1cnn2PI.Cc1ccc(COC(=O)N2CCCCC2)cc1. The van der Waals surface area contributed by atoms with Gasteiger partial charge in [0.25, 0.3) is 0 Å². The number of carbonyl (C=O) groups is 1. The molecule has 1 amide bonds. The normalized spacial score (nSPS) is 13.9. The van der Waals surface area contributed by atoms with Crippen LogP contribution in [0.25, 0.3) is 11.0 Å². The van der Waals surface area contributed by atoms with Gasteiger partial charge in [-0.25, -0.2) is 19.2 Å². The number of nitrogens with one attached hydrogen (secondary N) is 1. The van der Waals surface area contributed by atoms with Crippen LogP contribution in [0.3, 0.4) is 0 Å². The fourth-order valence-electron chi connectivity index (χ4n) is 3.10. The van der Waals surface area contributed by atoms with Gasteiger partial charge in [0.05, 0.1) is 18.0 Å². The van der Waals surface area contributed by atoms with E-state index in [2.05, 4.69) is 42.4 Å². The summed E-state index contributed by atoms with van der Waals surface area (Å²) >= 11 is 2.27. The molecule has 0 aliphatic carbocycles. The lowest BCUT2D eigenvalue weighted by molar-refractivity contribution is 0.0894. The second-order valence-electron chi connectivity index (χ2n) is 6.94. The van der Waals surface area contributed by atoms with E-state index in [1.165, 1.54) is 12.0 Å². The maximum absolute atomic E-state index is 11.7. The van der Waals surface area contributed by atoms with Crippen LogP contribution in [0.2, 0.25) is 0 Å². The third kappa shape index (κ3) is 6.01. The van der Waals surface area contributed by atoms with Gasteiger partial charge in [0, 0.05) is 20.1 Å². The molecule has 0 spiro atoms. The van der Waals surface area contributed by atoms with Crippen molar-refractivity contribution in [2.75, 3.05) is 25.5 Å². The molecule has 3 heterocycles. The number of fused-ring (bicyclic) bond motifs is 1. The molecule has 4 rings (SSSR count). The molecular formula is C20H26IN6O2P. The van der Waals surface area contributed by atoms with Gasteiger partial charge in [-0.15, -0.1) is 0 Å². The fraction of sp³-hybridized carbons (Fsp3) is 0.400. The molecule has 1 unspecified atom stereocenters. The molecule has 1 aliphatic heterocycles. The van der Waals surface area contributed by atoms with E-state index >= 15 is 0 Å². The van der Waals surface area contributed by atoms with E-state index in [1.54, 1.807) is 17.4 Å². The maximum atomic E-state index is 11.7. The summed E-state index contributed by atoms with van der Waals surface area (Å²) in [6.07, 6.45) is 7.13. The van der Waals surface area contributed by atoms with Gasteiger partial charge in [0.1, 0.15) is 18.8 Å². The van der Waals surface area contributed by atoms with E-state index in [0.29, 0.717) is 13.0 Å². The number of aromatic nitrogens is 4. The van der Waals surface area contributed by atoms with E-state index in [0.717, 1.165) is 48.3 Å². The zero-order valence-corrected chi connectivity index (χ0v) is 20.3. The summed E-state index contributed by atoms with van der Waals surface area (Å²) in [6, 6.07) is 8.06. The average molecular weight is 540 g/mol. The highest BCUT2D eigenvalue weighted by Gasteiger charge is 2.17. The molecule has 1 aliphatic rings. The first-order valence-electron chi connectivity index (χ1n) is 9.82. The molecule has 0 saturated carbocycles. The molecule has 1 atom stereocenters. The van der Waals surface area contributed by atoms with Crippen LogP contribution in [0.5, 0.6) is 0 Å². The van der Waals surface area contributed by atoms with Crippen LogP contribution >= 0.6 is 28.4 Å². The van der Waals surface area contributed by atoms with E-state index in [1.807, 2.05) is 42.7 Å². The van der Waals surface area contributed by atoms with Crippen molar-refractivity contribution < 1.29 is 9.53 Å². The Labute approximate surface area is 191 Å². The minimum atomic E-state index is -0.176. The Morgan fingerprint density at radius 3 is 2.60 bits per heavy atom. The summed E-state index contributed by atoms with van der Waals surface area (Å²) in [4.78, 5) is 21.8. The van der Waals surface area contributed by atoms with Gasteiger partial charge in [0.15, 0.2) is 5.65 Å². The second-order valence-corrected chi connectivity index (χ2v) is 8.98. The first-order chi connectivity index (χ1) is 14.6. The number of rotatable bonds is 4. The monoisotopic (exact) mass is 540 g/mol. The van der Waals surface area contributed by atoms with E-state index < -0.39 is 0 Å². The number of aryl methyl sites for hydroxylation is 1. The van der Waals surface area contributed by atoms with Gasteiger partial charge in [0.2, 0.25) is 0 Å². The summed E-state index contributed by atoms with van der Waals surface area (Å²) in [5.74, 6) is 0.825. The number of likely N-dealkylation sites (tertiary alicyclic amines) is 1. The van der Waals surface area contributed by atoms with Crippen molar-refractivity contribution in [3.05, 3.63) is 47.9 Å². The summed E-state index contributed by atoms with van der Waals surface area (Å²) in [6.45, 7) is 4.10. The second kappa shape index (κ2) is 11.4. The molecule has 30 heavy (non-hydrogen) atoms. The van der Waals surface area contributed by atoms with Crippen LogP contribution in [0.4, 0.5) is 10.6 Å². The molecule has 1 fully saturated rings. The number of hydrogen-bond donors (Lipinski definition) is 1. The highest BCUT2D eigenvalue weighted by atomic mass is 127. The minimum Gasteiger partial charge on any atom is -0.445 e.